The molecule has 2 aromatic rings. The molecular weight excluding hydrogens is 318 g/mol. The summed E-state index contributed by atoms with van der Waals surface area (Å²) in [6.07, 6.45) is 2.48. The van der Waals surface area contributed by atoms with Gasteiger partial charge in [-0.25, -0.2) is 4.98 Å². The van der Waals surface area contributed by atoms with Crippen LogP contribution < -0.4 is 10.9 Å². The fraction of sp³-hybridized carbons (Fsp3) is 0.526. The van der Waals surface area contributed by atoms with Crippen LogP contribution in [0.25, 0.3) is 10.9 Å². The van der Waals surface area contributed by atoms with Crippen LogP contribution in [-0.2, 0) is 11.3 Å². The normalized spacial score (nSPS) is 14.9. The van der Waals surface area contributed by atoms with Crippen molar-refractivity contribution in [2.24, 2.45) is 5.92 Å². The highest BCUT2D eigenvalue weighted by Gasteiger charge is 2.27. The third kappa shape index (κ3) is 4.45. The summed E-state index contributed by atoms with van der Waals surface area (Å²) < 4.78 is 1.45. The summed E-state index contributed by atoms with van der Waals surface area (Å²) in [5.74, 6) is -0.108. The van der Waals surface area contributed by atoms with Crippen molar-refractivity contribution in [3.8, 4) is 0 Å². The van der Waals surface area contributed by atoms with Crippen molar-refractivity contribution in [2.75, 3.05) is 6.54 Å². The molecule has 1 amide bonds. The Morgan fingerprint density at radius 2 is 2.16 bits per heavy atom. The molecule has 0 spiro atoms. The van der Waals surface area contributed by atoms with E-state index in [2.05, 4.69) is 10.3 Å². The number of hydrogen-bond acceptors (Lipinski definition) is 4. The first-order valence-electron chi connectivity index (χ1n) is 8.70. The van der Waals surface area contributed by atoms with Gasteiger partial charge >= 0.3 is 0 Å². The molecule has 1 aromatic heterocycles. The summed E-state index contributed by atoms with van der Waals surface area (Å²) in [4.78, 5) is 28.9. The van der Waals surface area contributed by atoms with E-state index in [0.29, 0.717) is 10.9 Å². The molecule has 6 heteroatoms. The van der Waals surface area contributed by atoms with Crippen molar-refractivity contribution < 1.29 is 9.90 Å². The monoisotopic (exact) mass is 345 g/mol. The van der Waals surface area contributed by atoms with Gasteiger partial charge in [-0.1, -0.05) is 32.4 Å². The van der Waals surface area contributed by atoms with Gasteiger partial charge in [-0.3, -0.25) is 14.2 Å². The van der Waals surface area contributed by atoms with Gasteiger partial charge in [0.15, 0.2) is 0 Å². The van der Waals surface area contributed by atoms with Gasteiger partial charge in [0.1, 0.15) is 0 Å². The molecule has 0 radical (unpaired) electrons. The molecule has 0 aliphatic rings. The molecule has 25 heavy (non-hydrogen) atoms. The lowest BCUT2D eigenvalue weighted by molar-refractivity contribution is -0.123. The predicted molar refractivity (Wildman–Crippen MR) is 98.4 cm³/mol. The van der Waals surface area contributed by atoms with Crippen LogP contribution in [0.5, 0.6) is 0 Å². The Kier molecular flexibility index (Phi) is 5.95. The molecular formula is C19H27N3O3. The average Bonchev–Trinajstić information content (AvgIpc) is 2.59. The molecule has 0 aliphatic carbocycles. The molecule has 0 bridgehead atoms. The molecule has 0 saturated heterocycles. The number of hydrogen-bond donors (Lipinski definition) is 2. The van der Waals surface area contributed by atoms with Gasteiger partial charge in [-0.05, 0) is 31.4 Å². The van der Waals surface area contributed by atoms with Crippen molar-refractivity contribution in [1.29, 1.82) is 0 Å². The molecule has 136 valence electrons. The highest BCUT2D eigenvalue weighted by atomic mass is 16.3. The van der Waals surface area contributed by atoms with E-state index in [4.69, 9.17) is 0 Å². The molecule has 2 N–H and O–H groups in total. The van der Waals surface area contributed by atoms with E-state index in [1.807, 2.05) is 32.9 Å². The highest BCUT2D eigenvalue weighted by molar-refractivity contribution is 5.80. The van der Waals surface area contributed by atoms with E-state index in [9.17, 15) is 14.7 Å². The summed E-state index contributed by atoms with van der Waals surface area (Å²) in [5, 5.41) is 13.6. The summed E-state index contributed by atoms with van der Waals surface area (Å²) in [7, 11) is 0. The maximum atomic E-state index is 12.5. The standard InChI is InChI=1S/C19H27N3O3/c1-5-14(3)19(4,25)11-20-16(23)9-10-22-12-21-17-13(2)7-6-8-15(17)18(22)24/h6-8,12,14,25H,5,9-11H2,1-4H3,(H,20,23)/t14-,19+/m1/s1. The molecule has 2 rings (SSSR count). The van der Waals surface area contributed by atoms with Gasteiger partial charge in [0.05, 0.1) is 22.8 Å². The number of para-hydroxylation sites is 1. The number of amides is 1. The largest absolute Gasteiger partial charge is 0.388 e. The van der Waals surface area contributed by atoms with Crippen LogP contribution in [-0.4, -0.2) is 32.7 Å². The smallest absolute Gasteiger partial charge is 0.261 e. The Balaban J connectivity index is 2.00. The van der Waals surface area contributed by atoms with E-state index in [0.717, 1.165) is 12.0 Å². The van der Waals surface area contributed by atoms with Gasteiger partial charge in [-0.2, -0.15) is 0 Å². The number of aromatic nitrogens is 2. The number of aryl methyl sites for hydroxylation is 2. The predicted octanol–water partition coefficient (Wildman–Crippen LogP) is 2.01. The number of nitrogens with zero attached hydrogens (tertiary/aromatic N) is 2. The second-order valence-corrected chi connectivity index (χ2v) is 6.91. The Morgan fingerprint density at radius 1 is 1.44 bits per heavy atom. The third-order valence-corrected chi connectivity index (χ3v) is 4.95. The Labute approximate surface area is 147 Å². The van der Waals surface area contributed by atoms with Crippen LogP contribution in [0.4, 0.5) is 0 Å². The van der Waals surface area contributed by atoms with Crippen molar-refractivity contribution >= 4 is 16.8 Å². The van der Waals surface area contributed by atoms with Crippen molar-refractivity contribution in [1.82, 2.24) is 14.9 Å². The van der Waals surface area contributed by atoms with Gasteiger partial charge < -0.3 is 10.4 Å². The van der Waals surface area contributed by atoms with Gasteiger partial charge in [0, 0.05) is 19.5 Å². The maximum Gasteiger partial charge on any atom is 0.261 e. The molecule has 6 nitrogen and oxygen atoms in total. The van der Waals surface area contributed by atoms with Crippen molar-refractivity contribution in [3.05, 3.63) is 40.4 Å². The highest BCUT2D eigenvalue weighted by Crippen LogP contribution is 2.18. The Hall–Kier alpha value is -2.21. The zero-order valence-electron chi connectivity index (χ0n) is 15.4. The minimum atomic E-state index is -0.941. The van der Waals surface area contributed by atoms with Crippen LogP contribution in [0.3, 0.4) is 0 Å². The molecule has 0 saturated carbocycles. The van der Waals surface area contributed by atoms with E-state index in [1.165, 1.54) is 10.9 Å². The number of aliphatic hydroxyl groups is 1. The van der Waals surface area contributed by atoms with E-state index < -0.39 is 5.60 Å². The second kappa shape index (κ2) is 7.78. The molecule has 2 atom stereocenters. The fourth-order valence-corrected chi connectivity index (χ4v) is 2.70. The summed E-state index contributed by atoms with van der Waals surface area (Å²) in [5.41, 5.74) is 0.557. The zero-order chi connectivity index (χ0) is 18.6. The lowest BCUT2D eigenvalue weighted by atomic mass is 9.88. The number of carbonyl (C=O) groups excluding carboxylic acids is 1. The van der Waals surface area contributed by atoms with Gasteiger partial charge in [-0.15, -0.1) is 0 Å². The lowest BCUT2D eigenvalue weighted by Crippen LogP contribution is -2.45. The first-order valence-corrected chi connectivity index (χ1v) is 8.70. The summed E-state index contributed by atoms with van der Waals surface area (Å²) in [6.45, 7) is 8.05. The van der Waals surface area contributed by atoms with Gasteiger partial charge in [0.25, 0.3) is 5.56 Å². The van der Waals surface area contributed by atoms with E-state index in [-0.39, 0.29) is 36.9 Å². The maximum absolute atomic E-state index is 12.5. The Morgan fingerprint density at radius 3 is 2.84 bits per heavy atom. The van der Waals surface area contributed by atoms with Crippen LogP contribution in [0.15, 0.2) is 29.3 Å². The lowest BCUT2D eigenvalue weighted by Gasteiger charge is -2.29. The second-order valence-electron chi connectivity index (χ2n) is 6.91. The number of nitrogens with one attached hydrogen (secondary N) is 1. The van der Waals surface area contributed by atoms with Crippen LogP contribution in [0.2, 0.25) is 0 Å². The van der Waals surface area contributed by atoms with Crippen molar-refractivity contribution in [3.63, 3.8) is 0 Å². The SMILES string of the molecule is CC[C@@H](C)[C@@](C)(O)CNC(=O)CCn1cnc2c(C)cccc2c1=O. The van der Waals surface area contributed by atoms with E-state index >= 15 is 0 Å². The molecule has 1 heterocycles. The van der Waals surface area contributed by atoms with Crippen LogP contribution in [0.1, 0.15) is 39.2 Å². The molecule has 0 unspecified atom stereocenters. The first kappa shape index (κ1) is 19.1. The molecule has 1 aromatic carbocycles. The van der Waals surface area contributed by atoms with Gasteiger partial charge in [0.2, 0.25) is 5.91 Å². The summed E-state index contributed by atoms with van der Waals surface area (Å²) in [6, 6.07) is 5.49. The van der Waals surface area contributed by atoms with Crippen LogP contribution in [0, 0.1) is 12.8 Å². The first-order chi connectivity index (χ1) is 11.8. The quantitative estimate of drug-likeness (QED) is 0.804. The fourth-order valence-electron chi connectivity index (χ4n) is 2.70. The number of fused-ring (bicyclic) bond motifs is 1. The summed E-state index contributed by atoms with van der Waals surface area (Å²) >= 11 is 0. The topological polar surface area (TPSA) is 84.2 Å². The van der Waals surface area contributed by atoms with Crippen molar-refractivity contribution in [2.45, 2.75) is 52.7 Å². The zero-order valence-corrected chi connectivity index (χ0v) is 15.4. The Bertz CT molecular complexity index is 811. The third-order valence-electron chi connectivity index (χ3n) is 4.95. The molecule has 0 aliphatic heterocycles. The minimum absolute atomic E-state index is 0.0864. The van der Waals surface area contributed by atoms with Crippen LogP contribution >= 0.6 is 0 Å². The van der Waals surface area contributed by atoms with E-state index in [1.54, 1.807) is 13.0 Å². The minimum Gasteiger partial charge on any atom is -0.388 e. The number of rotatable bonds is 7. The molecule has 0 fully saturated rings. The number of benzene rings is 1. The average molecular weight is 345 g/mol. The number of carbonyl (C=O) groups is 1.